The lowest BCUT2D eigenvalue weighted by Crippen LogP contribution is -2.21. The average Bonchev–Trinajstić information content (AvgIpc) is 2.23. The molecule has 0 aromatic heterocycles. The largest absolute Gasteiger partial charge is 0.385 e. The molecule has 0 saturated heterocycles. The van der Waals surface area contributed by atoms with E-state index in [1.54, 1.807) is 11.0 Å². The molecule has 1 rings (SSSR count). The normalized spacial score (nSPS) is 11.2. The molecule has 0 unspecified atom stereocenters. The van der Waals surface area contributed by atoms with Gasteiger partial charge in [0.05, 0.1) is 0 Å². The van der Waals surface area contributed by atoms with Gasteiger partial charge in [-0.1, -0.05) is 6.07 Å². The van der Waals surface area contributed by atoms with E-state index in [1.165, 1.54) is 11.1 Å². The van der Waals surface area contributed by atoms with Gasteiger partial charge in [0.1, 0.15) is 11.7 Å². The molecule has 0 amide bonds. The Hall–Kier alpha value is -1.97. The number of nitrogens with one attached hydrogen (secondary N) is 2. The summed E-state index contributed by atoms with van der Waals surface area (Å²) in [6.45, 7) is 4.13. The summed E-state index contributed by atoms with van der Waals surface area (Å²) in [6, 6.07) is 6.06. The van der Waals surface area contributed by atoms with Gasteiger partial charge >= 0.3 is 0 Å². The number of amidine groups is 1. The topological polar surface area (TPSA) is 65.1 Å². The Labute approximate surface area is 103 Å². The molecule has 0 fully saturated rings. The Morgan fingerprint density at radius 3 is 2.47 bits per heavy atom. The molecule has 17 heavy (non-hydrogen) atoms. The molecule has 92 valence electrons. The van der Waals surface area contributed by atoms with Gasteiger partial charge in [-0.25, -0.2) is 0 Å². The van der Waals surface area contributed by atoms with Gasteiger partial charge in [-0.3, -0.25) is 5.41 Å². The number of anilines is 1. The molecule has 0 bridgehead atoms. The van der Waals surface area contributed by atoms with Crippen LogP contribution in [0.4, 0.5) is 5.69 Å². The first-order chi connectivity index (χ1) is 7.90. The van der Waals surface area contributed by atoms with Crippen LogP contribution >= 0.6 is 0 Å². The van der Waals surface area contributed by atoms with Gasteiger partial charge in [0.15, 0.2) is 0 Å². The molecule has 0 aliphatic carbocycles. The summed E-state index contributed by atoms with van der Waals surface area (Å²) >= 11 is 0. The molecule has 0 heterocycles. The number of benzene rings is 1. The smallest absolute Gasteiger partial charge is 0.123 e. The quantitative estimate of drug-likeness (QED) is 0.552. The summed E-state index contributed by atoms with van der Waals surface area (Å²) in [5.41, 5.74) is 9.22. The highest BCUT2D eigenvalue weighted by molar-refractivity contribution is 5.90. The number of nitrogens with zero attached hydrogens (tertiary/aromatic N) is 1. The molecule has 4 N–H and O–H groups in total. The summed E-state index contributed by atoms with van der Waals surface area (Å²) in [7, 11) is 3.62. The zero-order valence-corrected chi connectivity index (χ0v) is 10.8. The van der Waals surface area contributed by atoms with Gasteiger partial charge in [0, 0.05) is 25.9 Å². The van der Waals surface area contributed by atoms with Gasteiger partial charge in [0.2, 0.25) is 0 Å². The van der Waals surface area contributed by atoms with E-state index >= 15 is 0 Å². The third kappa shape index (κ3) is 3.83. The van der Waals surface area contributed by atoms with E-state index in [-0.39, 0.29) is 0 Å². The molecular formula is C13H20N4. The van der Waals surface area contributed by atoms with Gasteiger partial charge in [-0.05, 0) is 37.1 Å². The van der Waals surface area contributed by atoms with E-state index in [0.717, 1.165) is 5.69 Å². The lowest BCUT2D eigenvalue weighted by molar-refractivity contribution is 0.621. The van der Waals surface area contributed by atoms with E-state index < -0.39 is 0 Å². The molecule has 1 aromatic carbocycles. The van der Waals surface area contributed by atoms with Crippen molar-refractivity contribution in [3.8, 4) is 0 Å². The molecule has 0 aliphatic heterocycles. The maximum absolute atomic E-state index is 7.65. The summed E-state index contributed by atoms with van der Waals surface area (Å²) in [5, 5.41) is 10.7. The SMILES string of the molecule is Cc1ccc(N/C(N)=C/C(=N)N(C)C)cc1C. The van der Waals surface area contributed by atoms with Crippen LogP contribution < -0.4 is 11.1 Å². The van der Waals surface area contributed by atoms with Crippen molar-refractivity contribution < 1.29 is 0 Å². The second kappa shape index (κ2) is 5.39. The van der Waals surface area contributed by atoms with E-state index in [1.807, 2.05) is 32.3 Å². The van der Waals surface area contributed by atoms with Crippen molar-refractivity contribution in [1.29, 1.82) is 5.41 Å². The number of nitrogens with two attached hydrogens (primary N) is 1. The number of aryl methyl sites for hydroxylation is 2. The summed E-state index contributed by atoms with van der Waals surface area (Å²) in [5.74, 6) is 0.825. The fourth-order valence-corrected chi connectivity index (χ4v) is 1.30. The highest BCUT2D eigenvalue weighted by atomic mass is 15.1. The van der Waals surface area contributed by atoms with Gasteiger partial charge in [-0.2, -0.15) is 0 Å². The van der Waals surface area contributed by atoms with Gasteiger partial charge in [-0.15, -0.1) is 0 Å². The fourth-order valence-electron chi connectivity index (χ4n) is 1.30. The second-order valence-electron chi connectivity index (χ2n) is 4.30. The minimum absolute atomic E-state index is 0.360. The number of hydrogen-bond donors (Lipinski definition) is 3. The van der Waals surface area contributed by atoms with Crippen LogP contribution in [0.25, 0.3) is 0 Å². The van der Waals surface area contributed by atoms with Crippen molar-refractivity contribution in [3.05, 3.63) is 41.2 Å². The third-order valence-electron chi connectivity index (χ3n) is 2.57. The van der Waals surface area contributed by atoms with Crippen molar-refractivity contribution in [3.63, 3.8) is 0 Å². The molecule has 4 nitrogen and oxygen atoms in total. The van der Waals surface area contributed by atoms with Crippen molar-refractivity contribution in [2.45, 2.75) is 13.8 Å². The standard InChI is InChI=1S/C13H20N4/c1-9-5-6-11(7-10(9)2)16-12(14)8-13(15)17(3)4/h5-8,15-16H,14H2,1-4H3/b12-8+,15-13?. The zero-order valence-electron chi connectivity index (χ0n) is 10.8. The minimum Gasteiger partial charge on any atom is -0.385 e. The van der Waals surface area contributed by atoms with Crippen molar-refractivity contribution in [1.82, 2.24) is 4.90 Å². The lowest BCUT2D eigenvalue weighted by Gasteiger charge is -2.12. The molecule has 0 atom stereocenters. The Morgan fingerprint density at radius 1 is 1.29 bits per heavy atom. The van der Waals surface area contributed by atoms with Crippen LogP contribution in [0.5, 0.6) is 0 Å². The van der Waals surface area contributed by atoms with Crippen LogP contribution in [0.1, 0.15) is 11.1 Å². The predicted molar refractivity (Wildman–Crippen MR) is 73.2 cm³/mol. The summed E-state index contributed by atoms with van der Waals surface area (Å²) in [6.07, 6.45) is 1.59. The van der Waals surface area contributed by atoms with E-state index in [0.29, 0.717) is 11.7 Å². The van der Waals surface area contributed by atoms with Gasteiger partial charge < -0.3 is 16.0 Å². The molecule has 0 spiro atoms. The van der Waals surface area contributed by atoms with Crippen LogP contribution in [0, 0.1) is 19.3 Å². The molecule has 1 aromatic rings. The first kappa shape index (κ1) is 13.1. The second-order valence-corrected chi connectivity index (χ2v) is 4.30. The summed E-state index contributed by atoms with van der Waals surface area (Å²) < 4.78 is 0. The van der Waals surface area contributed by atoms with E-state index in [2.05, 4.69) is 19.2 Å². The fraction of sp³-hybridized carbons (Fsp3) is 0.308. The van der Waals surface area contributed by atoms with E-state index in [9.17, 15) is 0 Å². The number of likely N-dealkylation sites (N-methyl/N-ethyl adjacent to an activating group) is 1. The number of hydrogen-bond acceptors (Lipinski definition) is 3. The Bertz CT molecular complexity index is 447. The van der Waals surface area contributed by atoms with Crippen molar-refractivity contribution >= 4 is 11.5 Å². The lowest BCUT2D eigenvalue weighted by atomic mass is 10.1. The first-order valence-electron chi connectivity index (χ1n) is 5.47. The van der Waals surface area contributed by atoms with E-state index in [4.69, 9.17) is 11.1 Å². The predicted octanol–water partition coefficient (Wildman–Crippen LogP) is 2.05. The van der Waals surface area contributed by atoms with Crippen molar-refractivity contribution in [2.24, 2.45) is 5.73 Å². The molecule has 0 saturated carbocycles. The van der Waals surface area contributed by atoms with Crippen LogP contribution in [0.2, 0.25) is 0 Å². The molecular weight excluding hydrogens is 212 g/mol. The van der Waals surface area contributed by atoms with Gasteiger partial charge in [0.25, 0.3) is 0 Å². The summed E-state index contributed by atoms with van der Waals surface area (Å²) in [4.78, 5) is 1.69. The van der Waals surface area contributed by atoms with Crippen LogP contribution in [0.3, 0.4) is 0 Å². The maximum Gasteiger partial charge on any atom is 0.123 e. The molecule has 0 aliphatic rings. The van der Waals surface area contributed by atoms with Crippen LogP contribution in [-0.4, -0.2) is 24.8 Å². The minimum atomic E-state index is 0.360. The first-order valence-corrected chi connectivity index (χ1v) is 5.47. The molecule has 0 radical (unpaired) electrons. The highest BCUT2D eigenvalue weighted by Gasteiger charge is 1.99. The Balaban J connectivity index is 2.77. The van der Waals surface area contributed by atoms with Crippen molar-refractivity contribution in [2.75, 3.05) is 19.4 Å². The molecule has 4 heteroatoms. The van der Waals surface area contributed by atoms with Crippen LogP contribution in [-0.2, 0) is 0 Å². The number of rotatable bonds is 3. The highest BCUT2D eigenvalue weighted by Crippen LogP contribution is 2.14. The Morgan fingerprint density at radius 2 is 1.94 bits per heavy atom. The monoisotopic (exact) mass is 232 g/mol. The average molecular weight is 232 g/mol. The Kier molecular flexibility index (Phi) is 4.15. The zero-order chi connectivity index (χ0) is 13.0. The van der Waals surface area contributed by atoms with Crippen LogP contribution in [0.15, 0.2) is 30.1 Å². The third-order valence-corrected chi connectivity index (χ3v) is 2.57. The maximum atomic E-state index is 7.65.